The molecule has 0 aliphatic heterocycles. The highest BCUT2D eigenvalue weighted by Gasteiger charge is 2.43. The molecule has 1 fully saturated rings. The topological polar surface area (TPSA) is 35.2 Å². The number of ether oxygens (including phenoxy) is 1. The molecule has 2 nitrogen and oxygen atoms in total. The van der Waals surface area contributed by atoms with Crippen molar-refractivity contribution in [2.45, 2.75) is 52.6 Å². The molecular formula is C13H27NO. The molecule has 1 rings (SSSR count). The Morgan fingerprint density at radius 3 is 2.53 bits per heavy atom. The summed E-state index contributed by atoms with van der Waals surface area (Å²) in [6, 6.07) is 0. The Bertz CT molecular complexity index is 193. The first-order valence-electron chi connectivity index (χ1n) is 6.39. The van der Waals surface area contributed by atoms with E-state index in [-0.39, 0.29) is 5.60 Å². The Balaban J connectivity index is 2.82. The first-order valence-corrected chi connectivity index (χ1v) is 6.39. The lowest BCUT2D eigenvalue weighted by molar-refractivity contribution is -0.121. The van der Waals surface area contributed by atoms with Crippen molar-refractivity contribution in [1.29, 1.82) is 0 Å². The maximum Gasteiger partial charge on any atom is 0.0836 e. The Morgan fingerprint density at radius 2 is 2.07 bits per heavy atom. The summed E-state index contributed by atoms with van der Waals surface area (Å²) in [5.74, 6) is 2.07. The van der Waals surface area contributed by atoms with Gasteiger partial charge in [0.05, 0.1) is 5.60 Å². The van der Waals surface area contributed by atoms with Crippen molar-refractivity contribution in [3.63, 3.8) is 0 Å². The second kappa shape index (κ2) is 5.31. The van der Waals surface area contributed by atoms with Crippen LogP contribution in [-0.2, 0) is 4.74 Å². The molecule has 2 N–H and O–H groups in total. The van der Waals surface area contributed by atoms with Crippen LogP contribution in [0.4, 0.5) is 0 Å². The van der Waals surface area contributed by atoms with E-state index in [1.54, 1.807) is 0 Å². The second-order valence-corrected chi connectivity index (χ2v) is 5.44. The van der Waals surface area contributed by atoms with E-state index < -0.39 is 0 Å². The van der Waals surface area contributed by atoms with Crippen LogP contribution >= 0.6 is 0 Å². The van der Waals surface area contributed by atoms with Crippen LogP contribution in [0.3, 0.4) is 0 Å². The van der Waals surface area contributed by atoms with Crippen LogP contribution in [0, 0.1) is 17.8 Å². The van der Waals surface area contributed by atoms with Gasteiger partial charge in [0.2, 0.25) is 0 Å². The monoisotopic (exact) mass is 213 g/mol. The van der Waals surface area contributed by atoms with Gasteiger partial charge in [-0.2, -0.15) is 0 Å². The van der Waals surface area contributed by atoms with Crippen molar-refractivity contribution in [2.75, 3.05) is 13.2 Å². The minimum atomic E-state index is -0.0411. The third-order valence-electron chi connectivity index (χ3n) is 3.92. The zero-order valence-corrected chi connectivity index (χ0v) is 10.8. The van der Waals surface area contributed by atoms with Gasteiger partial charge in [-0.05, 0) is 37.5 Å². The summed E-state index contributed by atoms with van der Waals surface area (Å²) in [4.78, 5) is 0. The highest BCUT2D eigenvalue weighted by atomic mass is 16.5. The summed E-state index contributed by atoms with van der Waals surface area (Å²) in [5.41, 5.74) is 5.95. The van der Waals surface area contributed by atoms with E-state index in [0.717, 1.165) is 18.9 Å². The van der Waals surface area contributed by atoms with Gasteiger partial charge in [-0.15, -0.1) is 0 Å². The fourth-order valence-corrected chi connectivity index (χ4v) is 3.26. The van der Waals surface area contributed by atoms with Crippen LogP contribution < -0.4 is 5.73 Å². The lowest BCUT2D eigenvalue weighted by atomic mass is 9.67. The van der Waals surface area contributed by atoms with Gasteiger partial charge in [-0.3, -0.25) is 0 Å². The van der Waals surface area contributed by atoms with Crippen molar-refractivity contribution >= 4 is 0 Å². The van der Waals surface area contributed by atoms with Crippen molar-refractivity contribution in [1.82, 2.24) is 0 Å². The van der Waals surface area contributed by atoms with Crippen LogP contribution in [0.1, 0.15) is 47.0 Å². The van der Waals surface area contributed by atoms with Gasteiger partial charge in [-0.25, -0.2) is 0 Å². The highest BCUT2D eigenvalue weighted by molar-refractivity contribution is 4.95. The van der Waals surface area contributed by atoms with Crippen LogP contribution in [0.5, 0.6) is 0 Å². The first-order chi connectivity index (χ1) is 7.05. The zero-order valence-electron chi connectivity index (χ0n) is 10.8. The summed E-state index contributed by atoms with van der Waals surface area (Å²) in [7, 11) is 0. The molecule has 0 aromatic carbocycles. The van der Waals surface area contributed by atoms with Gasteiger partial charge in [0.15, 0.2) is 0 Å². The quantitative estimate of drug-likeness (QED) is 0.779. The maximum absolute atomic E-state index is 6.04. The molecule has 0 saturated heterocycles. The van der Waals surface area contributed by atoms with Gasteiger partial charge in [-0.1, -0.05) is 27.2 Å². The molecule has 0 aromatic rings. The van der Waals surface area contributed by atoms with E-state index in [9.17, 15) is 0 Å². The molecule has 1 aliphatic carbocycles. The Morgan fingerprint density at radius 1 is 1.40 bits per heavy atom. The fraction of sp³-hybridized carbons (Fsp3) is 1.00. The molecule has 1 saturated carbocycles. The van der Waals surface area contributed by atoms with Gasteiger partial charge < -0.3 is 10.5 Å². The average Bonchev–Trinajstić information content (AvgIpc) is 2.17. The van der Waals surface area contributed by atoms with Crippen LogP contribution in [-0.4, -0.2) is 18.8 Å². The summed E-state index contributed by atoms with van der Waals surface area (Å²) in [6.07, 6.45) is 3.74. The molecule has 0 spiro atoms. The lowest BCUT2D eigenvalue weighted by Gasteiger charge is -2.47. The number of hydrogen-bond donors (Lipinski definition) is 1. The normalized spacial score (nSPS) is 37.2. The summed E-state index contributed by atoms with van der Waals surface area (Å²) in [6.45, 7) is 10.4. The van der Waals surface area contributed by atoms with Crippen molar-refractivity contribution in [3.05, 3.63) is 0 Å². The van der Waals surface area contributed by atoms with E-state index in [1.165, 1.54) is 12.8 Å². The molecule has 1 aliphatic rings. The van der Waals surface area contributed by atoms with Gasteiger partial charge in [0.1, 0.15) is 0 Å². The van der Waals surface area contributed by atoms with E-state index in [4.69, 9.17) is 10.5 Å². The van der Waals surface area contributed by atoms with E-state index in [2.05, 4.69) is 27.7 Å². The smallest absolute Gasteiger partial charge is 0.0836 e. The molecule has 0 aromatic heterocycles. The maximum atomic E-state index is 6.04. The minimum Gasteiger partial charge on any atom is -0.374 e. The predicted molar refractivity (Wildman–Crippen MR) is 64.8 cm³/mol. The van der Waals surface area contributed by atoms with E-state index in [0.29, 0.717) is 18.4 Å². The third kappa shape index (κ3) is 2.73. The number of hydrogen-bond acceptors (Lipinski definition) is 2. The molecule has 15 heavy (non-hydrogen) atoms. The number of rotatable bonds is 4. The molecule has 0 amide bonds. The molecule has 0 heterocycles. The molecule has 90 valence electrons. The summed E-state index contributed by atoms with van der Waals surface area (Å²) < 4.78 is 6.04. The van der Waals surface area contributed by atoms with Gasteiger partial charge >= 0.3 is 0 Å². The molecule has 0 radical (unpaired) electrons. The minimum absolute atomic E-state index is 0.0411. The fourth-order valence-electron chi connectivity index (χ4n) is 3.26. The third-order valence-corrected chi connectivity index (χ3v) is 3.92. The molecule has 3 atom stereocenters. The van der Waals surface area contributed by atoms with Crippen molar-refractivity contribution in [3.8, 4) is 0 Å². The molecular weight excluding hydrogens is 186 g/mol. The van der Waals surface area contributed by atoms with Crippen LogP contribution in [0.15, 0.2) is 0 Å². The van der Waals surface area contributed by atoms with Crippen LogP contribution in [0.2, 0.25) is 0 Å². The molecule has 0 bridgehead atoms. The predicted octanol–water partition coefficient (Wildman–Crippen LogP) is 2.81. The second-order valence-electron chi connectivity index (χ2n) is 5.44. The van der Waals surface area contributed by atoms with Gasteiger partial charge in [0.25, 0.3) is 0 Å². The van der Waals surface area contributed by atoms with E-state index >= 15 is 0 Å². The summed E-state index contributed by atoms with van der Waals surface area (Å²) >= 11 is 0. The molecule has 3 unspecified atom stereocenters. The Hall–Kier alpha value is -0.0800. The highest BCUT2D eigenvalue weighted by Crippen LogP contribution is 2.42. The zero-order chi connectivity index (χ0) is 11.5. The standard InChI is InChI=1S/C13H27NO/c1-5-15-13(9-14)8-11(4)6-7-12(13)10(2)3/h10-12H,5-9,14H2,1-4H3. The van der Waals surface area contributed by atoms with Crippen molar-refractivity contribution in [2.24, 2.45) is 23.5 Å². The molecule has 2 heteroatoms. The van der Waals surface area contributed by atoms with E-state index in [1.807, 2.05) is 0 Å². The average molecular weight is 213 g/mol. The lowest BCUT2D eigenvalue weighted by Crippen LogP contribution is -2.52. The Kier molecular flexibility index (Phi) is 4.60. The Labute approximate surface area is 94.6 Å². The van der Waals surface area contributed by atoms with Gasteiger partial charge in [0, 0.05) is 13.2 Å². The number of nitrogens with two attached hydrogens (primary N) is 1. The largest absolute Gasteiger partial charge is 0.374 e. The first kappa shape index (κ1) is 13.0. The van der Waals surface area contributed by atoms with Crippen molar-refractivity contribution < 1.29 is 4.74 Å². The summed E-state index contributed by atoms with van der Waals surface area (Å²) in [5, 5.41) is 0. The SMILES string of the molecule is CCOC1(CN)CC(C)CCC1C(C)C. The van der Waals surface area contributed by atoms with Crippen LogP contribution in [0.25, 0.3) is 0 Å².